The number of para-hydroxylation sites is 5. The normalized spacial score (nSPS) is 11.5. The molecule has 2 aromatic heterocycles. The lowest BCUT2D eigenvalue weighted by Gasteiger charge is -2.31. The molecule has 0 saturated heterocycles. The Balaban J connectivity index is 1.13. The van der Waals surface area contributed by atoms with E-state index < -0.39 is 0 Å². The fourth-order valence-corrected chi connectivity index (χ4v) is 9.47. The number of hydrogen-bond acceptors (Lipinski definition) is 3. The highest BCUT2D eigenvalue weighted by Gasteiger charge is 2.26. The zero-order valence-corrected chi connectivity index (χ0v) is 34.3. The van der Waals surface area contributed by atoms with Crippen molar-refractivity contribution in [2.75, 3.05) is 4.90 Å². The van der Waals surface area contributed by atoms with Gasteiger partial charge in [-0.3, -0.25) is 0 Å². The fraction of sp³-hybridized carbons (Fsp3) is 0. The van der Waals surface area contributed by atoms with E-state index >= 15 is 0 Å². The van der Waals surface area contributed by atoms with Gasteiger partial charge in [0.25, 0.3) is 0 Å². The third-order valence-electron chi connectivity index (χ3n) is 12.3. The fourth-order valence-electron chi connectivity index (χ4n) is 9.47. The minimum atomic E-state index is 0.869. The molecule has 12 aromatic rings. The van der Waals surface area contributed by atoms with Crippen LogP contribution in [0.4, 0.5) is 17.1 Å². The zero-order valence-electron chi connectivity index (χ0n) is 34.3. The number of fused-ring (bicyclic) bond motifs is 6. The monoisotopic (exact) mass is 805 g/mol. The Morgan fingerprint density at radius 1 is 0.254 bits per heavy atom. The van der Waals surface area contributed by atoms with Crippen molar-refractivity contribution in [2.45, 2.75) is 0 Å². The van der Waals surface area contributed by atoms with E-state index in [9.17, 15) is 0 Å². The lowest BCUT2D eigenvalue weighted by atomic mass is 9.87. The lowest BCUT2D eigenvalue weighted by molar-refractivity contribution is 0.669. The summed E-state index contributed by atoms with van der Waals surface area (Å²) < 4.78 is 13.2. The van der Waals surface area contributed by atoms with Crippen LogP contribution >= 0.6 is 0 Å². The van der Waals surface area contributed by atoms with Gasteiger partial charge in [0.05, 0.1) is 11.4 Å². The number of rotatable bonds is 8. The van der Waals surface area contributed by atoms with Crippen LogP contribution in [0.2, 0.25) is 0 Å². The molecule has 0 radical (unpaired) electrons. The highest BCUT2D eigenvalue weighted by Crippen LogP contribution is 2.51. The first-order valence-corrected chi connectivity index (χ1v) is 21.4. The van der Waals surface area contributed by atoms with Gasteiger partial charge >= 0.3 is 0 Å². The molecule has 3 heteroatoms. The summed E-state index contributed by atoms with van der Waals surface area (Å²) in [7, 11) is 0. The van der Waals surface area contributed by atoms with Gasteiger partial charge in [0.2, 0.25) is 0 Å². The minimum Gasteiger partial charge on any atom is -0.455 e. The molecular weight excluding hydrogens is 767 g/mol. The van der Waals surface area contributed by atoms with Gasteiger partial charge in [-0.2, -0.15) is 0 Å². The molecule has 0 unspecified atom stereocenters. The van der Waals surface area contributed by atoms with Gasteiger partial charge in [0.1, 0.15) is 22.3 Å². The lowest BCUT2D eigenvalue weighted by Crippen LogP contribution is -2.13. The maximum absolute atomic E-state index is 6.71. The van der Waals surface area contributed by atoms with Gasteiger partial charge in [0.15, 0.2) is 0 Å². The van der Waals surface area contributed by atoms with E-state index in [-0.39, 0.29) is 0 Å². The second-order valence-electron chi connectivity index (χ2n) is 15.9. The number of hydrogen-bond donors (Lipinski definition) is 0. The number of benzene rings is 10. The summed E-state index contributed by atoms with van der Waals surface area (Å²) in [5.74, 6) is 0. The van der Waals surface area contributed by atoms with Crippen molar-refractivity contribution in [3.8, 4) is 55.6 Å². The average molecular weight is 806 g/mol. The second kappa shape index (κ2) is 15.3. The molecule has 0 atom stereocenters. The molecule has 0 aliphatic carbocycles. The molecule has 10 aromatic carbocycles. The standard InChI is InChI=1S/C60H39NO2/c1-3-18-40(19-4-1)44-22-7-8-26-50(44)58-45(41-20-5-2-6-21-41)27-17-33-55(58)61(43-38-36-42(37-39-43)46-28-15-30-52-48-24-10-13-34-56(48)62-59(46)52)54-32-12-9-23-47(54)51-29-16-31-53-49-25-11-14-35-57(49)63-60(51)53/h1-39H. The first-order valence-electron chi connectivity index (χ1n) is 21.4. The van der Waals surface area contributed by atoms with Crippen LogP contribution in [0, 0.1) is 0 Å². The SMILES string of the molecule is c1ccc(-c2ccccc2-c2c(-c3ccccc3)cccc2N(c2ccc(-c3cccc4c3oc3ccccc34)cc2)c2ccccc2-c2cccc3c2oc2ccccc23)cc1. The van der Waals surface area contributed by atoms with Crippen molar-refractivity contribution in [3.63, 3.8) is 0 Å². The Hall–Kier alpha value is -8.40. The van der Waals surface area contributed by atoms with Gasteiger partial charge in [0, 0.05) is 49.5 Å². The van der Waals surface area contributed by atoms with Crippen molar-refractivity contribution in [1.29, 1.82) is 0 Å². The van der Waals surface area contributed by atoms with Crippen molar-refractivity contribution in [3.05, 3.63) is 237 Å². The molecule has 0 spiro atoms. The summed E-state index contributed by atoms with van der Waals surface area (Å²) in [6.07, 6.45) is 0. The minimum absolute atomic E-state index is 0.869. The quantitative estimate of drug-likeness (QED) is 0.153. The highest BCUT2D eigenvalue weighted by atomic mass is 16.3. The zero-order chi connectivity index (χ0) is 41.7. The second-order valence-corrected chi connectivity index (χ2v) is 15.9. The molecule has 296 valence electrons. The molecule has 0 aliphatic rings. The van der Waals surface area contributed by atoms with Gasteiger partial charge < -0.3 is 13.7 Å². The molecule has 0 N–H and O–H groups in total. The average Bonchev–Trinajstić information content (AvgIpc) is 3.94. The van der Waals surface area contributed by atoms with Crippen molar-refractivity contribution >= 4 is 60.9 Å². The third-order valence-corrected chi connectivity index (χ3v) is 12.3. The van der Waals surface area contributed by atoms with Crippen LogP contribution in [0.25, 0.3) is 99.5 Å². The first kappa shape index (κ1) is 36.5. The van der Waals surface area contributed by atoms with Crippen molar-refractivity contribution in [1.82, 2.24) is 0 Å². The van der Waals surface area contributed by atoms with Crippen LogP contribution in [0.1, 0.15) is 0 Å². The predicted molar refractivity (Wildman–Crippen MR) is 263 cm³/mol. The van der Waals surface area contributed by atoms with Gasteiger partial charge in [-0.15, -0.1) is 0 Å². The van der Waals surface area contributed by atoms with E-state index in [4.69, 9.17) is 8.83 Å². The molecule has 63 heavy (non-hydrogen) atoms. The van der Waals surface area contributed by atoms with Crippen LogP contribution in [0.15, 0.2) is 245 Å². The summed E-state index contributed by atoms with van der Waals surface area (Å²) in [5.41, 5.74) is 17.7. The molecule has 0 aliphatic heterocycles. The Morgan fingerprint density at radius 3 is 1.35 bits per heavy atom. The number of nitrogens with zero attached hydrogens (tertiary/aromatic N) is 1. The van der Waals surface area contributed by atoms with E-state index in [1.165, 1.54) is 0 Å². The van der Waals surface area contributed by atoms with Crippen LogP contribution in [-0.4, -0.2) is 0 Å². The Labute approximate surface area is 365 Å². The molecule has 3 nitrogen and oxygen atoms in total. The molecule has 0 saturated carbocycles. The smallest absolute Gasteiger partial charge is 0.143 e. The van der Waals surface area contributed by atoms with Gasteiger partial charge in [-0.1, -0.05) is 200 Å². The van der Waals surface area contributed by atoms with E-state index in [0.29, 0.717) is 0 Å². The molecule has 0 bridgehead atoms. The number of anilines is 3. The summed E-state index contributed by atoms with van der Waals surface area (Å²) in [4.78, 5) is 2.44. The van der Waals surface area contributed by atoms with Crippen LogP contribution in [-0.2, 0) is 0 Å². The van der Waals surface area contributed by atoms with Crippen molar-refractivity contribution < 1.29 is 8.83 Å². The highest BCUT2D eigenvalue weighted by molar-refractivity contribution is 6.12. The maximum atomic E-state index is 6.71. The molecule has 12 rings (SSSR count). The Bertz CT molecular complexity index is 3620. The predicted octanol–water partition coefficient (Wildman–Crippen LogP) is 17.3. The van der Waals surface area contributed by atoms with Crippen LogP contribution < -0.4 is 4.90 Å². The van der Waals surface area contributed by atoms with Crippen molar-refractivity contribution in [2.24, 2.45) is 0 Å². The van der Waals surface area contributed by atoms with Gasteiger partial charge in [-0.25, -0.2) is 0 Å². The summed E-state index contributed by atoms with van der Waals surface area (Å²) in [6.45, 7) is 0. The molecule has 0 fully saturated rings. The topological polar surface area (TPSA) is 29.5 Å². The molecular formula is C60H39NO2. The maximum Gasteiger partial charge on any atom is 0.143 e. The van der Waals surface area contributed by atoms with E-state index in [0.717, 1.165) is 117 Å². The molecule has 0 amide bonds. The van der Waals surface area contributed by atoms with E-state index in [1.807, 2.05) is 18.2 Å². The van der Waals surface area contributed by atoms with E-state index in [1.54, 1.807) is 0 Å². The largest absolute Gasteiger partial charge is 0.455 e. The Kier molecular flexibility index (Phi) is 8.83. The third kappa shape index (κ3) is 6.21. The number of furan rings is 2. The summed E-state index contributed by atoms with van der Waals surface area (Å²) in [6, 6.07) is 84.1. The molecule has 2 heterocycles. The first-order chi connectivity index (χ1) is 31.3. The summed E-state index contributed by atoms with van der Waals surface area (Å²) in [5, 5.41) is 4.43. The van der Waals surface area contributed by atoms with Crippen LogP contribution in [0.3, 0.4) is 0 Å². The summed E-state index contributed by atoms with van der Waals surface area (Å²) >= 11 is 0. The van der Waals surface area contributed by atoms with Gasteiger partial charge in [-0.05, 0) is 69.8 Å². The van der Waals surface area contributed by atoms with E-state index in [2.05, 4.69) is 223 Å². The Morgan fingerprint density at radius 2 is 0.683 bits per heavy atom. The van der Waals surface area contributed by atoms with Crippen LogP contribution in [0.5, 0.6) is 0 Å².